The van der Waals surface area contributed by atoms with Crippen LogP contribution >= 0.6 is 11.8 Å². The lowest BCUT2D eigenvalue weighted by Gasteiger charge is -2.18. The molecule has 0 saturated carbocycles. The molecule has 0 aromatic heterocycles. The molecule has 0 amide bonds. The highest BCUT2D eigenvalue weighted by atomic mass is 32.2. The van der Waals surface area contributed by atoms with E-state index in [1.807, 2.05) is 11.8 Å². The Morgan fingerprint density at radius 2 is 2.42 bits per heavy atom. The molecule has 1 aliphatic rings. The summed E-state index contributed by atoms with van der Waals surface area (Å²) in [6, 6.07) is 0.345. The van der Waals surface area contributed by atoms with E-state index in [1.54, 1.807) is 0 Å². The summed E-state index contributed by atoms with van der Waals surface area (Å²) >= 11 is 1.89. The van der Waals surface area contributed by atoms with Gasteiger partial charge in [-0.25, -0.2) is 0 Å². The SMILES string of the molecule is CSCCC(N)C1=CCCCC1. The molecule has 0 radical (unpaired) electrons. The molecule has 0 aromatic rings. The number of rotatable bonds is 4. The molecule has 1 aliphatic carbocycles. The van der Waals surface area contributed by atoms with E-state index < -0.39 is 0 Å². The van der Waals surface area contributed by atoms with Crippen molar-refractivity contribution in [3.63, 3.8) is 0 Å². The fourth-order valence-electron chi connectivity index (χ4n) is 1.63. The zero-order valence-electron chi connectivity index (χ0n) is 7.88. The smallest absolute Gasteiger partial charge is 0.0261 e. The molecular weight excluding hydrogens is 166 g/mol. The molecule has 1 rings (SSSR count). The van der Waals surface area contributed by atoms with Crippen LogP contribution in [-0.2, 0) is 0 Å². The van der Waals surface area contributed by atoms with Gasteiger partial charge in [-0.1, -0.05) is 11.6 Å². The van der Waals surface area contributed by atoms with E-state index in [2.05, 4.69) is 12.3 Å². The first kappa shape index (κ1) is 10.1. The third kappa shape index (κ3) is 3.20. The Morgan fingerprint density at radius 3 is 3.00 bits per heavy atom. The van der Waals surface area contributed by atoms with Crippen LogP contribution in [0.25, 0.3) is 0 Å². The van der Waals surface area contributed by atoms with Crippen LogP contribution in [0.1, 0.15) is 32.1 Å². The number of hydrogen-bond donors (Lipinski definition) is 1. The molecule has 0 bridgehead atoms. The van der Waals surface area contributed by atoms with E-state index in [1.165, 1.54) is 37.0 Å². The second-order valence-electron chi connectivity index (χ2n) is 3.41. The Hall–Kier alpha value is 0.0500. The summed E-state index contributed by atoms with van der Waals surface area (Å²) in [7, 11) is 0. The van der Waals surface area contributed by atoms with E-state index >= 15 is 0 Å². The summed E-state index contributed by atoms with van der Waals surface area (Å²) in [5.74, 6) is 1.19. The van der Waals surface area contributed by atoms with Gasteiger partial charge in [0, 0.05) is 6.04 Å². The van der Waals surface area contributed by atoms with Gasteiger partial charge in [-0.15, -0.1) is 0 Å². The van der Waals surface area contributed by atoms with Crippen molar-refractivity contribution in [2.45, 2.75) is 38.1 Å². The standard InChI is InChI=1S/C10H19NS/c1-12-8-7-10(11)9-5-3-2-4-6-9/h5,10H,2-4,6-8,11H2,1H3. The zero-order valence-corrected chi connectivity index (χ0v) is 8.70. The maximum Gasteiger partial charge on any atom is 0.0261 e. The molecule has 0 saturated heterocycles. The van der Waals surface area contributed by atoms with E-state index in [0.29, 0.717) is 6.04 Å². The quantitative estimate of drug-likeness (QED) is 0.681. The van der Waals surface area contributed by atoms with Gasteiger partial charge in [0.2, 0.25) is 0 Å². The maximum atomic E-state index is 6.05. The third-order valence-corrected chi connectivity index (χ3v) is 3.08. The molecule has 12 heavy (non-hydrogen) atoms. The Balaban J connectivity index is 2.29. The summed E-state index contributed by atoms with van der Waals surface area (Å²) in [5.41, 5.74) is 7.56. The lowest BCUT2D eigenvalue weighted by atomic mass is 9.93. The number of thioether (sulfide) groups is 1. The van der Waals surface area contributed by atoms with Crippen molar-refractivity contribution in [2.75, 3.05) is 12.0 Å². The predicted octanol–water partition coefficient (Wildman–Crippen LogP) is 2.57. The lowest BCUT2D eigenvalue weighted by Crippen LogP contribution is -2.24. The van der Waals surface area contributed by atoms with Gasteiger partial charge in [-0.2, -0.15) is 11.8 Å². The van der Waals surface area contributed by atoms with Gasteiger partial charge in [-0.3, -0.25) is 0 Å². The first-order chi connectivity index (χ1) is 5.84. The van der Waals surface area contributed by atoms with Gasteiger partial charge in [0.25, 0.3) is 0 Å². The van der Waals surface area contributed by atoms with Crippen LogP contribution in [-0.4, -0.2) is 18.1 Å². The van der Waals surface area contributed by atoms with Gasteiger partial charge in [0.15, 0.2) is 0 Å². The molecule has 2 N–H and O–H groups in total. The topological polar surface area (TPSA) is 26.0 Å². The van der Waals surface area contributed by atoms with E-state index in [4.69, 9.17) is 5.73 Å². The average Bonchev–Trinajstić information content (AvgIpc) is 2.15. The second kappa shape index (κ2) is 5.65. The highest BCUT2D eigenvalue weighted by Gasteiger charge is 2.10. The largest absolute Gasteiger partial charge is 0.324 e. The van der Waals surface area contributed by atoms with Crippen LogP contribution in [0, 0.1) is 0 Å². The van der Waals surface area contributed by atoms with Gasteiger partial charge < -0.3 is 5.73 Å². The number of nitrogens with two attached hydrogens (primary N) is 1. The molecule has 0 heterocycles. The number of allylic oxidation sites excluding steroid dienone is 1. The predicted molar refractivity (Wildman–Crippen MR) is 57.5 cm³/mol. The third-order valence-electron chi connectivity index (χ3n) is 2.44. The fourth-order valence-corrected chi connectivity index (χ4v) is 2.12. The van der Waals surface area contributed by atoms with Crippen molar-refractivity contribution in [3.8, 4) is 0 Å². The first-order valence-electron chi connectivity index (χ1n) is 4.78. The van der Waals surface area contributed by atoms with Crippen molar-refractivity contribution in [3.05, 3.63) is 11.6 Å². The van der Waals surface area contributed by atoms with Crippen LogP contribution in [0.4, 0.5) is 0 Å². The molecule has 2 heteroatoms. The molecule has 0 aliphatic heterocycles. The minimum atomic E-state index is 0.345. The minimum Gasteiger partial charge on any atom is -0.324 e. The molecule has 1 unspecified atom stereocenters. The Morgan fingerprint density at radius 1 is 1.58 bits per heavy atom. The van der Waals surface area contributed by atoms with Gasteiger partial charge in [-0.05, 0) is 44.1 Å². The minimum absolute atomic E-state index is 0.345. The van der Waals surface area contributed by atoms with E-state index in [0.717, 1.165) is 6.42 Å². The number of hydrogen-bond acceptors (Lipinski definition) is 2. The van der Waals surface area contributed by atoms with Gasteiger partial charge >= 0.3 is 0 Å². The van der Waals surface area contributed by atoms with Crippen LogP contribution in [0.3, 0.4) is 0 Å². The molecule has 1 atom stereocenters. The van der Waals surface area contributed by atoms with Crippen molar-refractivity contribution >= 4 is 11.8 Å². The molecule has 0 spiro atoms. The van der Waals surface area contributed by atoms with E-state index in [9.17, 15) is 0 Å². The highest BCUT2D eigenvalue weighted by molar-refractivity contribution is 7.98. The van der Waals surface area contributed by atoms with Crippen molar-refractivity contribution < 1.29 is 0 Å². The second-order valence-corrected chi connectivity index (χ2v) is 4.40. The summed E-state index contributed by atoms with van der Waals surface area (Å²) in [4.78, 5) is 0. The van der Waals surface area contributed by atoms with Gasteiger partial charge in [0.05, 0.1) is 0 Å². The highest BCUT2D eigenvalue weighted by Crippen LogP contribution is 2.21. The fraction of sp³-hybridized carbons (Fsp3) is 0.800. The van der Waals surface area contributed by atoms with Gasteiger partial charge in [0.1, 0.15) is 0 Å². The molecule has 0 aromatic carbocycles. The summed E-state index contributed by atoms with van der Waals surface area (Å²) in [6.45, 7) is 0. The normalized spacial score (nSPS) is 20.3. The monoisotopic (exact) mass is 185 g/mol. The zero-order chi connectivity index (χ0) is 8.81. The molecular formula is C10H19NS. The van der Waals surface area contributed by atoms with Crippen molar-refractivity contribution in [2.24, 2.45) is 5.73 Å². The van der Waals surface area contributed by atoms with E-state index in [-0.39, 0.29) is 0 Å². The molecule has 0 fully saturated rings. The summed E-state index contributed by atoms with van der Waals surface area (Å²) < 4.78 is 0. The average molecular weight is 185 g/mol. The lowest BCUT2D eigenvalue weighted by molar-refractivity contribution is 0.625. The van der Waals surface area contributed by atoms with Crippen LogP contribution in [0.15, 0.2) is 11.6 Å². The van der Waals surface area contributed by atoms with Crippen LogP contribution in [0.2, 0.25) is 0 Å². The maximum absolute atomic E-state index is 6.05. The van der Waals surface area contributed by atoms with Crippen molar-refractivity contribution in [1.29, 1.82) is 0 Å². The molecule has 1 nitrogen and oxygen atoms in total. The molecule has 70 valence electrons. The Bertz CT molecular complexity index is 154. The Kier molecular flexibility index (Phi) is 4.77. The van der Waals surface area contributed by atoms with Crippen LogP contribution < -0.4 is 5.73 Å². The summed E-state index contributed by atoms with van der Waals surface area (Å²) in [6.07, 6.45) is 10.8. The van der Waals surface area contributed by atoms with Crippen molar-refractivity contribution in [1.82, 2.24) is 0 Å². The Labute approximate surface area is 79.8 Å². The summed E-state index contributed by atoms with van der Waals surface area (Å²) in [5, 5.41) is 0. The van der Waals surface area contributed by atoms with Crippen LogP contribution in [0.5, 0.6) is 0 Å². The first-order valence-corrected chi connectivity index (χ1v) is 6.17.